The van der Waals surface area contributed by atoms with Crippen LogP contribution in [0.15, 0.2) is 112 Å². The largest absolute Gasteiger partial charge is 0.469 e. The van der Waals surface area contributed by atoms with Crippen LogP contribution in [-0.2, 0) is 19.1 Å². The lowest BCUT2D eigenvalue weighted by Gasteiger charge is -2.10. The number of methoxy groups -OCH3 is 2. The van der Waals surface area contributed by atoms with Crippen molar-refractivity contribution >= 4 is 34.8 Å². The molecule has 2 N–H and O–H groups in total. The standard InChI is InChI=1S/C36H40N4O6/c1-17-23(9-11-33(43)45-7)29-16-30-24(10-12-34(44)46-8)18(2)26(38-30)14-31-36(22(6)42)20(4)28(40-31)15-32-35(21(5)41)19(3)27(39-32)13-25(17)37-29/h13-16,21-22,41-42H,9-12H2,1-8H3/t21-,22+/m1/s1. The number of hydrogen-bond donors (Lipinski definition) is 2. The molecule has 0 aromatic carbocycles. The van der Waals surface area contributed by atoms with Gasteiger partial charge in [0, 0.05) is 24.0 Å². The molecule has 0 saturated carbocycles. The Kier molecular flexibility index (Phi) is 9.32. The Hall–Kier alpha value is -4.54. The zero-order valence-corrected chi connectivity index (χ0v) is 27.6. The maximum Gasteiger partial charge on any atom is 0.305 e. The second-order valence-corrected chi connectivity index (χ2v) is 11.9. The van der Waals surface area contributed by atoms with Crippen molar-refractivity contribution in [2.45, 2.75) is 79.4 Å². The quantitative estimate of drug-likeness (QED) is 0.352. The Balaban J connectivity index is 1.77. The van der Waals surface area contributed by atoms with Crippen molar-refractivity contribution in [2.75, 3.05) is 14.2 Å². The molecule has 46 heavy (non-hydrogen) atoms. The van der Waals surface area contributed by atoms with E-state index in [4.69, 9.17) is 29.4 Å². The zero-order chi connectivity index (χ0) is 33.4. The normalized spacial score (nSPS) is 20.6. The first kappa shape index (κ1) is 32.8. The molecular formula is C36H40N4O6. The molecule has 10 heteroatoms. The molecule has 0 spiro atoms. The lowest BCUT2D eigenvalue weighted by molar-refractivity contribution is -0.141. The molecule has 5 rings (SSSR count). The predicted octanol–water partition coefficient (Wildman–Crippen LogP) is 5.29. The fourth-order valence-electron chi connectivity index (χ4n) is 6.35. The average Bonchev–Trinajstić information content (AvgIpc) is 3.67. The van der Waals surface area contributed by atoms with Gasteiger partial charge >= 0.3 is 11.9 Å². The molecule has 10 nitrogen and oxygen atoms in total. The summed E-state index contributed by atoms with van der Waals surface area (Å²) in [6.45, 7) is 11.2. The maximum absolute atomic E-state index is 12.2. The van der Waals surface area contributed by atoms with Gasteiger partial charge in [-0.3, -0.25) is 9.59 Å². The molecule has 0 fully saturated rings. The van der Waals surface area contributed by atoms with Gasteiger partial charge in [-0.15, -0.1) is 0 Å². The molecule has 0 aromatic heterocycles. The van der Waals surface area contributed by atoms with E-state index in [0.29, 0.717) is 69.6 Å². The average molecular weight is 625 g/mol. The van der Waals surface area contributed by atoms with Crippen molar-refractivity contribution in [3.8, 4) is 0 Å². The molecule has 0 unspecified atom stereocenters. The van der Waals surface area contributed by atoms with Crippen LogP contribution in [0.4, 0.5) is 0 Å². The first-order valence-electron chi connectivity index (χ1n) is 15.4. The molecule has 5 aliphatic heterocycles. The highest BCUT2D eigenvalue weighted by Crippen LogP contribution is 2.38. The minimum Gasteiger partial charge on any atom is -0.469 e. The molecule has 0 amide bonds. The third-order valence-corrected chi connectivity index (χ3v) is 8.93. The number of esters is 2. The third-order valence-electron chi connectivity index (χ3n) is 8.93. The Morgan fingerprint density at radius 1 is 0.587 bits per heavy atom. The predicted molar refractivity (Wildman–Crippen MR) is 179 cm³/mol. The molecule has 5 heterocycles. The third kappa shape index (κ3) is 6.15. The maximum atomic E-state index is 12.2. The topological polar surface area (TPSA) is 142 Å². The minimum absolute atomic E-state index is 0.173. The van der Waals surface area contributed by atoms with Crippen LogP contribution < -0.4 is 0 Å². The van der Waals surface area contributed by atoms with Crippen LogP contribution in [0.3, 0.4) is 0 Å². The Labute approximate surface area is 269 Å². The molecule has 0 aromatic rings. The summed E-state index contributed by atoms with van der Waals surface area (Å²) in [6, 6.07) is 0. The smallest absolute Gasteiger partial charge is 0.305 e. The van der Waals surface area contributed by atoms with Gasteiger partial charge in [0.1, 0.15) is 0 Å². The van der Waals surface area contributed by atoms with E-state index in [1.807, 2.05) is 52.0 Å². The van der Waals surface area contributed by atoms with Crippen molar-refractivity contribution in [1.29, 1.82) is 0 Å². The highest BCUT2D eigenvalue weighted by Gasteiger charge is 2.31. The number of carbonyl (C=O) groups excluding carboxylic acids is 2. The van der Waals surface area contributed by atoms with Crippen molar-refractivity contribution < 1.29 is 29.3 Å². The van der Waals surface area contributed by atoms with Gasteiger partial charge < -0.3 is 19.7 Å². The summed E-state index contributed by atoms with van der Waals surface area (Å²) in [4.78, 5) is 44.2. The Morgan fingerprint density at radius 2 is 0.978 bits per heavy atom. The number of rotatable bonds is 8. The number of aliphatic hydroxyl groups excluding tert-OH is 2. The molecule has 8 bridgehead atoms. The highest BCUT2D eigenvalue weighted by atomic mass is 16.5. The van der Waals surface area contributed by atoms with E-state index in [-0.39, 0.29) is 24.8 Å². The summed E-state index contributed by atoms with van der Waals surface area (Å²) < 4.78 is 9.84. The molecule has 2 atom stereocenters. The molecule has 5 aliphatic rings. The monoisotopic (exact) mass is 624 g/mol. The first-order valence-corrected chi connectivity index (χ1v) is 15.4. The SMILES string of the molecule is COC(=O)CCC1=C(C)C2=NC1=CC1=NC(=CC3=NC(=CC4=NC(=C2)C([C@H](C)O)=C4C)C([C@@H](C)O)=C3C)C(C)=C1CCC(=O)OC. The van der Waals surface area contributed by atoms with E-state index in [9.17, 15) is 19.8 Å². The fraction of sp³-hybridized carbons (Fsp3) is 0.389. The van der Waals surface area contributed by atoms with E-state index >= 15 is 0 Å². The summed E-state index contributed by atoms with van der Waals surface area (Å²) in [5.41, 5.74) is 11.7. The lowest BCUT2D eigenvalue weighted by atomic mass is 9.95. The number of ether oxygens (including phenoxy) is 2. The summed E-state index contributed by atoms with van der Waals surface area (Å²) in [6.07, 6.45) is 7.08. The number of allylic oxidation sites excluding steroid dienone is 10. The number of aliphatic imine (C=N–C) groups is 4. The van der Waals surface area contributed by atoms with Crippen molar-refractivity contribution in [2.24, 2.45) is 20.0 Å². The van der Waals surface area contributed by atoms with Gasteiger partial charge in [0.15, 0.2) is 0 Å². The number of fused-ring (bicyclic) bond motifs is 4. The van der Waals surface area contributed by atoms with Gasteiger partial charge in [-0.1, -0.05) is 0 Å². The van der Waals surface area contributed by atoms with Crippen LogP contribution >= 0.6 is 0 Å². The fourth-order valence-corrected chi connectivity index (χ4v) is 6.35. The number of carbonyl (C=O) groups is 2. The number of hydrogen-bond acceptors (Lipinski definition) is 10. The van der Waals surface area contributed by atoms with Crippen molar-refractivity contribution in [1.82, 2.24) is 0 Å². The highest BCUT2D eigenvalue weighted by molar-refractivity contribution is 6.20. The van der Waals surface area contributed by atoms with E-state index in [0.717, 1.165) is 33.4 Å². The van der Waals surface area contributed by atoms with E-state index in [1.165, 1.54) is 14.2 Å². The van der Waals surface area contributed by atoms with Gasteiger partial charge in [-0.25, -0.2) is 20.0 Å². The second kappa shape index (κ2) is 13.1. The zero-order valence-electron chi connectivity index (χ0n) is 27.6. The Bertz CT molecular complexity index is 1810. The first-order chi connectivity index (χ1) is 21.8. The summed E-state index contributed by atoms with van der Waals surface area (Å²) in [5.74, 6) is -0.652. The van der Waals surface area contributed by atoms with Crippen molar-refractivity contribution in [3.63, 3.8) is 0 Å². The molecular weight excluding hydrogens is 584 g/mol. The number of nitrogens with zero attached hydrogens (tertiary/aromatic N) is 4. The van der Waals surface area contributed by atoms with Crippen LogP contribution in [-0.4, -0.2) is 71.4 Å². The lowest BCUT2D eigenvalue weighted by Crippen LogP contribution is -2.09. The van der Waals surface area contributed by atoms with Gasteiger partial charge in [0.2, 0.25) is 0 Å². The van der Waals surface area contributed by atoms with Crippen LogP contribution in [0.5, 0.6) is 0 Å². The summed E-state index contributed by atoms with van der Waals surface area (Å²) >= 11 is 0. The van der Waals surface area contributed by atoms with Crippen molar-refractivity contribution in [3.05, 3.63) is 91.7 Å². The van der Waals surface area contributed by atoms with E-state index in [2.05, 4.69) is 0 Å². The Morgan fingerprint density at radius 3 is 1.46 bits per heavy atom. The second-order valence-electron chi connectivity index (χ2n) is 11.9. The number of aliphatic hydroxyl groups is 2. The van der Waals surface area contributed by atoms with E-state index in [1.54, 1.807) is 13.8 Å². The van der Waals surface area contributed by atoms with E-state index < -0.39 is 12.2 Å². The molecule has 0 saturated heterocycles. The van der Waals surface area contributed by atoms with Crippen LogP contribution in [0.25, 0.3) is 0 Å². The molecule has 240 valence electrons. The summed E-state index contributed by atoms with van der Waals surface area (Å²) in [7, 11) is 2.73. The van der Waals surface area contributed by atoms with Crippen LogP contribution in [0.1, 0.15) is 67.2 Å². The minimum atomic E-state index is -0.801. The molecule has 0 radical (unpaired) electrons. The molecule has 0 aliphatic carbocycles. The summed E-state index contributed by atoms with van der Waals surface area (Å²) in [5, 5.41) is 21.6. The van der Waals surface area contributed by atoms with Gasteiger partial charge in [-0.05, 0) is 112 Å². The van der Waals surface area contributed by atoms with Gasteiger partial charge in [-0.2, -0.15) is 0 Å². The van der Waals surface area contributed by atoms with Gasteiger partial charge in [0.25, 0.3) is 0 Å². The van der Waals surface area contributed by atoms with Crippen LogP contribution in [0, 0.1) is 0 Å². The van der Waals surface area contributed by atoms with Gasteiger partial charge in [0.05, 0.1) is 72.1 Å². The van der Waals surface area contributed by atoms with Crippen LogP contribution in [0.2, 0.25) is 0 Å².